The van der Waals surface area contributed by atoms with Gasteiger partial charge in [0, 0.05) is 19.5 Å². The molecule has 1 fully saturated rings. The van der Waals surface area contributed by atoms with Crippen molar-refractivity contribution in [2.45, 2.75) is 32.7 Å². The number of fused-ring (bicyclic) bond motifs is 1. The molecule has 0 radical (unpaired) electrons. The van der Waals surface area contributed by atoms with Crippen LogP contribution in [-0.2, 0) is 13.6 Å². The van der Waals surface area contributed by atoms with Crippen molar-refractivity contribution in [2.24, 2.45) is 18.2 Å². The maximum atomic E-state index is 5.67. The first-order chi connectivity index (χ1) is 8.03. The van der Waals surface area contributed by atoms with Gasteiger partial charge in [-0.3, -0.25) is 0 Å². The zero-order valence-electron chi connectivity index (χ0n) is 10.7. The molecule has 90 valence electrons. The van der Waals surface area contributed by atoms with Crippen LogP contribution in [-0.4, -0.2) is 9.55 Å². The van der Waals surface area contributed by atoms with E-state index in [2.05, 4.69) is 43.7 Å². The van der Waals surface area contributed by atoms with Gasteiger partial charge in [0.2, 0.25) is 0 Å². The van der Waals surface area contributed by atoms with Gasteiger partial charge in [0.1, 0.15) is 5.82 Å². The fourth-order valence-electron chi connectivity index (χ4n) is 2.61. The second-order valence-corrected chi connectivity index (χ2v) is 5.80. The Morgan fingerprint density at radius 2 is 2.18 bits per heavy atom. The lowest BCUT2D eigenvalue weighted by atomic mass is 10.1. The fourth-order valence-corrected chi connectivity index (χ4v) is 2.61. The SMILES string of the molecule is Cn1c(C2CC2(C)C)nc2cc(CN)ccc21. The van der Waals surface area contributed by atoms with Crippen LogP contribution in [0, 0.1) is 5.41 Å². The molecular weight excluding hydrogens is 210 g/mol. The standard InChI is InChI=1S/C14H19N3/c1-14(2)7-10(14)13-16-11-6-9(8-15)4-5-12(11)17(13)3/h4-6,10H,7-8,15H2,1-3H3. The molecule has 1 aromatic carbocycles. The maximum absolute atomic E-state index is 5.67. The van der Waals surface area contributed by atoms with Gasteiger partial charge in [-0.1, -0.05) is 19.9 Å². The van der Waals surface area contributed by atoms with Crippen molar-refractivity contribution >= 4 is 11.0 Å². The Labute approximate surface area is 102 Å². The first kappa shape index (κ1) is 10.8. The van der Waals surface area contributed by atoms with E-state index in [0.717, 1.165) is 11.1 Å². The van der Waals surface area contributed by atoms with Gasteiger partial charge >= 0.3 is 0 Å². The summed E-state index contributed by atoms with van der Waals surface area (Å²) in [6.45, 7) is 5.20. The first-order valence-electron chi connectivity index (χ1n) is 6.18. The van der Waals surface area contributed by atoms with Gasteiger partial charge < -0.3 is 10.3 Å². The number of imidazole rings is 1. The van der Waals surface area contributed by atoms with E-state index >= 15 is 0 Å². The van der Waals surface area contributed by atoms with Crippen LogP contribution < -0.4 is 5.73 Å². The van der Waals surface area contributed by atoms with E-state index in [4.69, 9.17) is 10.7 Å². The number of hydrogen-bond acceptors (Lipinski definition) is 2. The Morgan fingerprint density at radius 1 is 1.47 bits per heavy atom. The van der Waals surface area contributed by atoms with Crippen molar-refractivity contribution in [1.29, 1.82) is 0 Å². The zero-order valence-corrected chi connectivity index (χ0v) is 10.7. The van der Waals surface area contributed by atoms with E-state index in [1.165, 1.54) is 17.8 Å². The van der Waals surface area contributed by atoms with Gasteiger partial charge in [-0.2, -0.15) is 0 Å². The van der Waals surface area contributed by atoms with E-state index < -0.39 is 0 Å². The molecule has 0 saturated heterocycles. The van der Waals surface area contributed by atoms with E-state index in [-0.39, 0.29) is 0 Å². The molecule has 1 unspecified atom stereocenters. The Balaban J connectivity index is 2.12. The summed E-state index contributed by atoms with van der Waals surface area (Å²) in [5.74, 6) is 1.83. The molecule has 0 amide bonds. The average Bonchev–Trinajstić information content (AvgIpc) is 2.80. The first-order valence-corrected chi connectivity index (χ1v) is 6.18. The number of aryl methyl sites for hydroxylation is 1. The second kappa shape index (κ2) is 3.33. The van der Waals surface area contributed by atoms with Gasteiger partial charge in [-0.25, -0.2) is 4.98 Å². The Hall–Kier alpha value is -1.35. The van der Waals surface area contributed by atoms with Gasteiger partial charge in [0.25, 0.3) is 0 Å². The number of nitrogens with two attached hydrogens (primary N) is 1. The predicted molar refractivity (Wildman–Crippen MR) is 69.7 cm³/mol. The molecule has 1 aromatic heterocycles. The summed E-state index contributed by atoms with van der Waals surface area (Å²) in [4.78, 5) is 4.79. The van der Waals surface area contributed by atoms with Gasteiger partial charge in [-0.15, -0.1) is 0 Å². The van der Waals surface area contributed by atoms with Crippen molar-refractivity contribution in [1.82, 2.24) is 9.55 Å². The third kappa shape index (κ3) is 1.57. The molecular formula is C14H19N3. The van der Waals surface area contributed by atoms with E-state index in [1.807, 2.05) is 0 Å². The number of benzene rings is 1. The van der Waals surface area contributed by atoms with Crippen LogP contribution in [0.5, 0.6) is 0 Å². The molecule has 2 N–H and O–H groups in total. The summed E-state index contributed by atoms with van der Waals surface area (Å²) in [6.07, 6.45) is 1.24. The highest BCUT2D eigenvalue weighted by Crippen LogP contribution is 2.58. The number of aromatic nitrogens is 2. The summed E-state index contributed by atoms with van der Waals surface area (Å²) in [5, 5.41) is 0. The molecule has 0 aliphatic heterocycles. The minimum absolute atomic E-state index is 0.422. The highest BCUT2D eigenvalue weighted by Gasteiger charge is 2.49. The molecule has 3 rings (SSSR count). The van der Waals surface area contributed by atoms with Crippen LogP contribution >= 0.6 is 0 Å². The average molecular weight is 229 g/mol. The normalized spacial score (nSPS) is 22.0. The minimum atomic E-state index is 0.422. The molecule has 1 heterocycles. The molecule has 3 nitrogen and oxygen atoms in total. The van der Waals surface area contributed by atoms with Crippen molar-refractivity contribution in [3.8, 4) is 0 Å². The van der Waals surface area contributed by atoms with Crippen molar-refractivity contribution in [2.75, 3.05) is 0 Å². The van der Waals surface area contributed by atoms with E-state index in [1.54, 1.807) is 0 Å². The molecule has 17 heavy (non-hydrogen) atoms. The molecule has 1 aliphatic carbocycles. The largest absolute Gasteiger partial charge is 0.331 e. The highest BCUT2D eigenvalue weighted by atomic mass is 15.1. The lowest BCUT2D eigenvalue weighted by Gasteiger charge is -2.03. The summed E-state index contributed by atoms with van der Waals surface area (Å²) in [7, 11) is 2.11. The van der Waals surface area contributed by atoms with Crippen molar-refractivity contribution in [3.63, 3.8) is 0 Å². The quantitative estimate of drug-likeness (QED) is 0.860. The maximum Gasteiger partial charge on any atom is 0.113 e. The Kier molecular flexibility index (Phi) is 2.11. The van der Waals surface area contributed by atoms with E-state index in [9.17, 15) is 0 Å². The molecule has 1 aliphatic rings. The number of nitrogens with zero attached hydrogens (tertiary/aromatic N) is 2. The summed E-state index contributed by atoms with van der Waals surface area (Å²) >= 11 is 0. The third-order valence-corrected chi connectivity index (χ3v) is 4.04. The van der Waals surface area contributed by atoms with Gasteiger partial charge in [-0.05, 0) is 29.5 Å². The van der Waals surface area contributed by atoms with Crippen molar-refractivity contribution < 1.29 is 0 Å². The van der Waals surface area contributed by atoms with Gasteiger partial charge in [0.15, 0.2) is 0 Å². The van der Waals surface area contributed by atoms with Crippen LogP contribution in [0.25, 0.3) is 11.0 Å². The molecule has 1 saturated carbocycles. The summed E-state index contributed by atoms with van der Waals surface area (Å²) < 4.78 is 2.23. The Morgan fingerprint density at radius 3 is 2.76 bits per heavy atom. The molecule has 1 atom stereocenters. The monoisotopic (exact) mass is 229 g/mol. The van der Waals surface area contributed by atoms with E-state index in [0.29, 0.717) is 17.9 Å². The lowest BCUT2D eigenvalue weighted by Crippen LogP contribution is -1.99. The smallest absolute Gasteiger partial charge is 0.113 e. The molecule has 2 aromatic rings. The van der Waals surface area contributed by atoms with Crippen LogP contribution in [0.4, 0.5) is 0 Å². The second-order valence-electron chi connectivity index (χ2n) is 5.80. The summed E-state index contributed by atoms with van der Waals surface area (Å²) in [5.41, 5.74) is 9.52. The van der Waals surface area contributed by atoms with Crippen LogP contribution in [0.3, 0.4) is 0 Å². The number of hydrogen-bond donors (Lipinski definition) is 1. The molecule has 3 heteroatoms. The lowest BCUT2D eigenvalue weighted by molar-refractivity contribution is 0.600. The summed E-state index contributed by atoms with van der Waals surface area (Å²) in [6, 6.07) is 6.32. The molecule has 0 spiro atoms. The van der Waals surface area contributed by atoms with Crippen LogP contribution in [0.15, 0.2) is 18.2 Å². The van der Waals surface area contributed by atoms with Crippen LogP contribution in [0.1, 0.15) is 37.6 Å². The van der Waals surface area contributed by atoms with Gasteiger partial charge in [0.05, 0.1) is 11.0 Å². The third-order valence-electron chi connectivity index (χ3n) is 4.04. The molecule has 0 bridgehead atoms. The number of rotatable bonds is 2. The predicted octanol–water partition coefficient (Wildman–Crippen LogP) is 2.55. The Bertz CT molecular complexity index is 580. The van der Waals surface area contributed by atoms with Crippen molar-refractivity contribution in [3.05, 3.63) is 29.6 Å². The highest BCUT2D eigenvalue weighted by molar-refractivity contribution is 5.77. The topological polar surface area (TPSA) is 43.8 Å². The zero-order chi connectivity index (χ0) is 12.2. The minimum Gasteiger partial charge on any atom is -0.331 e. The fraction of sp³-hybridized carbons (Fsp3) is 0.500. The van der Waals surface area contributed by atoms with Crippen LogP contribution in [0.2, 0.25) is 0 Å².